The van der Waals surface area contributed by atoms with Gasteiger partial charge in [-0.3, -0.25) is 0 Å². The standard InChI is InChI=1S/C17H24O4/c1-3-4-5-6-7-9-13(2)21-17(20)15-11-8-10-14(12-15)16(18)19/h8,10-13H,3-7,9H2,1-2H3,(H,18,19). The number of carbonyl (C=O) groups is 2. The number of aromatic carboxylic acids is 1. The number of carboxylic acids is 1. The number of ether oxygens (including phenoxy) is 1. The number of benzene rings is 1. The normalized spacial score (nSPS) is 11.9. The zero-order valence-electron chi connectivity index (χ0n) is 12.8. The van der Waals surface area contributed by atoms with Crippen molar-refractivity contribution >= 4 is 11.9 Å². The summed E-state index contributed by atoms with van der Waals surface area (Å²) in [5.41, 5.74) is 0.379. The minimum absolute atomic E-state index is 0.0941. The summed E-state index contributed by atoms with van der Waals surface area (Å²) in [6.07, 6.45) is 6.58. The quantitative estimate of drug-likeness (QED) is 0.544. The summed E-state index contributed by atoms with van der Waals surface area (Å²) in [5, 5.41) is 8.91. The van der Waals surface area contributed by atoms with Gasteiger partial charge in [0.15, 0.2) is 0 Å². The average molecular weight is 292 g/mol. The molecule has 1 atom stereocenters. The summed E-state index contributed by atoms with van der Waals surface area (Å²) in [6, 6.07) is 5.92. The Morgan fingerprint density at radius 1 is 1.14 bits per heavy atom. The fourth-order valence-electron chi connectivity index (χ4n) is 2.12. The van der Waals surface area contributed by atoms with Crippen molar-refractivity contribution in [2.75, 3.05) is 0 Å². The SMILES string of the molecule is CCCCCCCC(C)OC(=O)c1cccc(C(=O)O)c1. The molecule has 0 saturated carbocycles. The van der Waals surface area contributed by atoms with Crippen LogP contribution in [0.25, 0.3) is 0 Å². The minimum Gasteiger partial charge on any atom is -0.478 e. The van der Waals surface area contributed by atoms with Gasteiger partial charge in [0.25, 0.3) is 0 Å². The molecule has 1 unspecified atom stereocenters. The second-order valence-corrected chi connectivity index (χ2v) is 5.30. The number of esters is 1. The van der Waals surface area contributed by atoms with Crippen molar-refractivity contribution in [1.29, 1.82) is 0 Å². The van der Waals surface area contributed by atoms with Crippen molar-refractivity contribution in [2.24, 2.45) is 0 Å². The topological polar surface area (TPSA) is 63.6 Å². The molecular formula is C17H24O4. The lowest BCUT2D eigenvalue weighted by Gasteiger charge is -2.13. The molecule has 0 saturated heterocycles. The van der Waals surface area contributed by atoms with Crippen LogP contribution in [0.2, 0.25) is 0 Å². The first-order chi connectivity index (χ1) is 10.0. The highest BCUT2D eigenvalue weighted by atomic mass is 16.5. The largest absolute Gasteiger partial charge is 0.478 e. The maximum absolute atomic E-state index is 11.9. The zero-order valence-corrected chi connectivity index (χ0v) is 12.8. The van der Waals surface area contributed by atoms with Gasteiger partial charge in [0.05, 0.1) is 17.2 Å². The fraction of sp³-hybridized carbons (Fsp3) is 0.529. The summed E-state index contributed by atoms with van der Waals surface area (Å²) < 4.78 is 5.35. The number of hydrogen-bond acceptors (Lipinski definition) is 3. The molecule has 21 heavy (non-hydrogen) atoms. The number of carboxylic acid groups (broad SMARTS) is 1. The lowest BCUT2D eigenvalue weighted by Crippen LogP contribution is -2.15. The maximum atomic E-state index is 11.9. The number of hydrogen-bond donors (Lipinski definition) is 1. The molecule has 0 fully saturated rings. The highest BCUT2D eigenvalue weighted by Gasteiger charge is 2.13. The van der Waals surface area contributed by atoms with Crippen molar-refractivity contribution in [3.63, 3.8) is 0 Å². The van der Waals surface area contributed by atoms with E-state index >= 15 is 0 Å². The van der Waals surface area contributed by atoms with Crippen LogP contribution in [0.1, 0.15) is 73.1 Å². The predicted molar refractivity (Wildman–Crippen MR) is 81.7 cm³/mol. The summed E-state index contributed by atoms with van der Waals surface area (Å²) in [7, 11) is 0. The van der Waals surface area contributed by atoms with Crippen molar-refractivity contribution < 1.29 is 19.4 Å². The summed E-state index contributed by atoms with van der Waals surface area (Å²) in [6.45, 7) is 4.05. The molecule has 0 amide bonds. The van der Waals surface area contributed by atoms with Crippen LogP contribution >= 0.6 is 0 Å². The maximum Gasteiger partial charge on any atom is 0.338 e. The van der Waals surface area contributed by atoms with E-state index in [2.05, 4.69) is 6.92 Å². The van der Waals surface area contributed by atoms with E-state index in [9.17, 15) is 9.59 Å². The van der Waals surface area contributed by atoms with Gasteiger partial charge in [-0.15, -0.1) is 0 Å². The van der Waals surface area contributed by atoms with E-state index < -0.39 is 11.9 Å². The number of carbonyl (C=O) groups excluding carboxylic acids is 1. The molecule has 1 rings (SSSR count). The van der Waals surface area contributed by atoms with Crippen LogP contribution < -0.4 is 0 Å². The predicted octanol–water partition coefficient (Wildman–Crippen LogP) is 4.29. The second-order valence-electron chi connectivity index (χ2n) is 5.30. The van der Waals surface area contributed by atoms with E-state index in [-0.39, 0.29) is 17.2 Å². The smallest absolute Gasteiger partial charge is 0.338 e. The van der Waals surface area contributed by atoms with Gasteiger partial charge >= 0.3 is 11.9 Å². The Bertz CT molecular complexity index is 468. The van der Waals surface area contributed by atoms with Crippen LogP contribution in [-0.2, 0) is 4.74 Å². The second kappa shape index (κ2) is 9.16. The van der Waals surface area contributed by atoms with Crippen molar-refractivity contribution in [2.45, 2.75) is 58.5 Å². The van der Waals surface area contributed by atoms with Gasteiger partial charge in [-0.25, -0.2) is 9.59 Å². The van der Waals surface area contributed by atoms with Gasteiger partial charge in [-0.1, -0.05) is 38.7 Å². The number of rotatable bonds is 9. The van der Waals surface area contributed by atoms with Gasteiger partial charge in [0.2, 0.25) is 0 Å². The number of unbranched alkanes of at least 4 members (excludes halogenated alkanes) is 4. The van der Waals surface area contributed by atoms with E-state index in [4.69, 9.17) is 9.84 Å². The van der Waals surface area contributed by atoms with Crippen LogP contribution in [0.4, 0.5) is 0 Å². The Morgan fingerprint density at radius 2 is 1.81 bits per heavy atom. The third kappa shape index (κ3) is 6.43. The third-order valence-corrected chi connectivity index (χ3v) is 3.37. The molecule has 0 aliphatic carbocycles. The minimum atomic E-state index is -1.05. The average Bonchev–Trinajstić information content (AvgIpc) is 2.47. The zero-order chi connectivity index (χ0) is 15.7. The molecule has 0 bridgehead atoms. The monoisotopic (exact) mass is 292 g/mol. The van der Waals surface area contributed by atoms with Crippen LogP contribution in [0.3, 0.4) is 0 Å². The van der Waals surface area contributed by atoms with Gasteiger partial charge in [0.1, 0.15) is 0 Å². The molecule has 0 aliphatic rings. The van der Waals surface area contributed by atoms with Crippen molar-refractivity contribution in [1.82, 2.24) is 0 Å². The fourth-order valence-corrected chi connectivity index (χ4v) is 2.12. The van der Waals surface area contributed by atoms with Crippen LogP contribution in [0.15, 0.2) is 24.3 Å². The first-order valence-corrected chi connectivity index (χ1v) is 7.59. The molecule has 116 valence electrons. The lowest BCUT2D eigenvalue weighted by atomic mass is 10.1. The first kappa shape index (κ1) is 17.2. The lowest BCUT2D eigenvalue weighted by molar-refractivity contribution is 0.0319. The summed E-state index contributed by atoms with van der Waals surface area (Å²) in [5.74, 6) is -1.51. The third-order valence-electron chi connectivity index (χ3n) is 3.37. The molecule has 4 heteroatoms. The van der Waals surface area contributed by atoms with Crippen molar-refractivity contribution in [3.8, 4) is 0 Å². The van der Waals surface area contributed by atoms with Gasteiger partial charge in [0, 0.05) is 0 Å². The Kier molecular flexibility index (Phi) is 7.51. The first-order valence-electron chi connectivity index (χ1n) is 7.59. The molecule has 0 aromatic heterocycles. The Balaban J connectivity index is 2.41. The Morgan fingerprint density at radius 3 is 2.48 bits per heavy atom. The highest BCUT2D eigenvalue weighted by molar-refractivity contribution is 5.94. The van der Waals surface area contributed by atoms with E-state index in [1.807, 2.05) is 6.92 Å². The van der Waals surface area contributed by atoms with Gasteiger partial charge in [-0.2, -0.15) is 0 Å². The molecule has 1 aromatic carbocycles. The molecule has 0 aliphatic heterocycles. The molecule has 0 spiro atoms. The van der Waals surface area contributed by atoms with E-state index in [0.29, 0.717) is 0 Å². The van der Waals surface area contributed by atoms with E-state index in [1.54, 1.807) is 12.1 Å². The highest BCUT2D eigenvalue weighted by Crippen LogP contribution is 2.12. The molecule has 4 nitrogen and oxygen atoms in total. The van der Waals surface area contributed by atoms with E-state index in [0.717, 1.165) is 19.3 Å². The molecule has 1 N–H and O–H groups in total. The van der Waals surface area contributed by atoms with Crippen LogP contribution in [0.5, 0.6) is 0 Å². The van der Waals surface area contributed by atoms with Gasteiger partial charge < -0.3 is 9.84 Å². The summed E-state index contributed by atoms with van der Waals surface area (Å²) >= 11 is 0. The van der Waals surface area contributed by atoms with Gasteiger partial charge in [-0.05, 0) is 38.0 Å². The molecule has 0 heterocycles. The summed E-state index contributed by atoms with van der Waals surface area (Å²) in [4.78, 5) is 22.8. The van der Waals surface area contributed by atoms with Crippen molar-refractivity contribution in [3.05, 3.63) is 35.4 Å². The molecule has 1 aromatic rings. The Labute approximate surface area is 126 Å². The molecular weight excluding hydrogens is 268 g/mol. The Hall–Kier alpha value is -1.84. The van der Waals surface area contributed by atoms with Crippen LogP contribution in [-0.4, -0.2) is 23.1 Å². The van der Waals surface area contributed by atoms with E-state index in [1.165, 1.54) is 31.4 Å². The van der Waals surface area contributed by atoms with Crippen LogP contribution in [0, 0.1) is 0 Å². The molecule has 0 radical (unpaired) electrons.